The zero-order valence-electron chi connectivity index (χ0n) is 91.0. The van der Waals surface area contributed by atoms with Crippen LogP contribution in [0.3, 0.4) is 0 Å². The second kappa shape index (κ2) is 43.4. The van der Waals surface area contributed by atoms with Crippen LogP contribution in [-0.2, 0) is 79.8 Å². The lowest BCUT2D eigenvalue weighted by Gasteiger charge is -2.31. The molecule has 2 unspecified atom stereocenters. The fraction of sp³-hybridized carbons (Fsp3) is 0.438. The third-order valence-electron chi connectivity index (χ3n) is 31.0. The number of benzene rings is 12. The quantitative estimate of drug-likeness (QED) is 0.0341. The molecule has 0 heterocycles. The fourth-order valence-electron chi connectivity index (χ4n) is 20.4. The van der Waals surface area contributed by atoms with Gasteiger partial charge in [0.2, 0.25) is 0 Å². The molecule has 12 N–H and O–H groups in total. The van der Waals surface area contributed by atoms with Crippen LogP contribution in [0.5, 0.6) is 69.0 Å². The van der Waals surface area contributed by atoms with Crippen molar-refractivity contribution < 1.29 is 61.3 Å². The van der Waals surface area contributed by atoms with Gasteiger partial charge in [-0.15, -0.1) is 0 Å². The Morgan fingerprint density at radius 3 is 0.693 bits per heavy atom. The minimum Gasteiger partial charge on any atom is -0.508 e. The Kier molecular flexibility index (Phi) is 34.6. The summed E-state index contributed by atoms with van der Waals surface area (Å²) in [5.74, 6) is 5.52. The molecule has 2 aliphatic carbocycles. The van der Waals surface area contributed by atoms with E-state index >= 15 is 0 Å². The number of phenolic OH excluding ortho intramolecular Hbond substituents is 12. The second-order valence-electron chi connectivity index (χ2n) is 46.5. The summed E-state index contributed by atoms with van der Waals surface area (Å²) in [5.41, 5.74) is 27.2. The summed E-state index contributed by atoms with van der Waals surface area (Å²) in [7, 11) is 0. The first-order valence-corrected chi connectivity index (χ1v) is 50.9. The Balaban J connectivity index is 0.000000188. The van der Waals surface area contributed by atoms with Gasteiger partial charge in [0, 0.05) is 32.5 Å². The molecule has 2 atom stereocenters. The number of rotatable bonds is 20. The number of hydrogen-bond acceptors (Lipinski definition) is 12. The lowest BCUT2D eigenvalue weighted by molar-refractivity contribution is 0.348. The summed E-state index contributed by atoms with van der Waals surface area (Å²) >= 11 is 0. The first-order valence-electron chi connectivity index (χ1n) is 50.9. The first-order chi connectivity index (χ1) is 64.9. The molecule has 12 aromatic rings. The number of aryl methyl sites for hydroxylation is 6. The predicted molar refractivity (Wildman–Crippen MR) is 584 cm³/mol. The Bertz CT molecular complexity index is 5990. The van der Waals surface area contributed by atoms with Crippen molar-refractivity contribution in [3.05, 3.63) is 351 Å². The lowest BCUT2D eigenvalue weighted by Crippen LogP contribution is -2.26. The summed E-state index contributed by atoms with van der Waals surface area (Å²) in [6.45, 7) is 72.7. The summed E-state index contributed by atoms with van der Waals surface area (Å²) in [5, 5.41) is 121. The highest BCUT2D eigenvalue weighted by Crippen LogP contribution is 2.64. The minimum atomic E-state index is -0.235. The van der Waals surface area contributed by atoms with Gasteiger partial charge in [-0.1, -0.05) is 355 Å². The van der Waals surface area contributed by atoms with Crippen molar-refractivity contribution in [2.24, 2.45) is 0 Å². The van der Waals surface area contributed by atoms with Crippen LogP contribution < -0.4 is 0 Å². The van der Waals surface area contributed by atoms with Gasteiger partial charge in [0.15, 0.2) is 0 Å². The molecule has 0 fully saturated rings. The molecule has 12 heteroatoms. The zero-order valence-corrected chi connectivity index (χ0v) is 91.0. The van der Waals surface area contributed by atoms with Gasteiger partial charge < -0.3 is 61.3 Å². The molecule has 0 saturated heterocycles. The van der Waals surface area contributed by atoms with Crippen molar-refractivity contribution in [1.82, 2.24) is 0 Å². The summed E-state index contributed by atoms with van der Waals surface area (Å²) in [6, 6.07) is 67.0. The molecule has 12 aromatic carbocycles. The Hall–Kier alpha value is -11.8. The van der Waals surface area contributed by atoms with Gasteiger partial charge in [-0.2, -0.15) is 0 Å². The van der Waals surface area contributed by atoms with Crippen molar-refractivity contribution in [2.45, 2.75) is 365 Å². The van der Waals surface area contributed by atoms with Gasteiger partial charge in [-0.05, 0) is 328 Å². The number of aromatic hydroxyl groups is 12. The average molecular weight is 1900 g/mol. The molecule has 0 radical (unpaired) electrons. The van der Waals surface area contributed by atoms with Crippen molar-refractivity contribution in [3.8, 4) is 69.0 Å². The molecular formula is C128H168O12. The van der Waals surface area contributed by atoms with Crippen LogP contribution in [-0.4, -0.2) is 61.3 Å². The van der Waals surface area contributed by atoms with Crippen molar-refractivity contribution in [1.29, 1.82) is 0 Å². The average Bonchev–Trinajstić information content (AvgIpc) is 1.52. The maximum Gasteiger partial charge on any atom is 0.119 e. The van der Waals surface area contributed by atoms with Crippen LogP contribution in [0.15, 0.2) is 206 Å². The predicted octanol–water partition coefficient (Wildman–Crippen LogP) is 32.6. The van der Waals surface area contributed by atoms with Gasteiger partial charge in [0.25, 0.3) is 0 Å². The maximum atomic E-state index is 10.7. The Morgan fingerprint density at radius 1 is 0.236 bits per heavy atom. The number of phenols is 12. The molecule has 752 valence electrons. The van der Waals surface area contributed by atoms with E-state index in [1.54, 1.807) is 48.5 Å². The Labute approximate surface area is 840 Å². The van der Waals surface area contributed by atoms with E-state index in [1.807, 2.05) is 125 Å². The maximum absolute atomic E-state index is 10.7. The van der Waals surface area contributed by atoms with Crippen LogP contribution >= 0.6 is 0 Å². The van der Waals surface area contributed by atoms with Gasteiger partial charge >= 0.3 is 0 Å². The topological polar surface area (TPSA) is 243 Å². The molecule has 0 aromatic heterocycles. The van der Waals surface area contributed by atoms with Gasteiger partial charge in [-0.25, -0.2) is 0 Å². The molecule has 14 rings (SSSR count). The number of hydrogen-bond donors (Lipinski definition) is 12. The van der Waals surface area contributed by atoms with Gasteiger partial charge in [0.05, 0.1) is 0 Å². The zero-order chi connectivity index (χ0) is 105. The first kappa shape index (κ1) is 112. The fourth-order valence-corrected chi connectivity index (χ4v) is 20.4. The highest BCUT2D eigenvalue weighted by Gasteiger charge is 2.57. The summed E-state index contributed by atoms with van der Waals surface area (Å²) < 4.78 is 0. The largest absolute Gasteiger partial charge is 0.508 e. The Morgan fingerprint density at radius 2 is 0.450 bits per heavy atom. The SMILES string of the molecule is CC(C)(C)c1cc(C(C)(C)c2ccc(O)c(C(C)(C)C)c2)ccc1O.CC(C)c1cc(C(C)(C)c2ccc(O)c(C(C)C)c2)ccc1O.CCC(C)c1cc(C(C)(C)c2ccc(O)c(C(C)CC)c2)ccc1O.CCc1cc(C(C)(C)c2ccc(O)c(CC)c2)ccc1O.CCc1cc2c(cc1O)C1(CC2(C)C)CC(C)(C)c2cc(CC)c(O)cc21.Cc1cc(C(C)(C)c2ccc(O)c(C)c2)ccc1O. The van der Waals surface area contributed by atoms with Crippen LogP contribution in [0.2, 0.25) is 0 Å². The third kappa shape index (κ3) is 24.2. The molecule has 140 heavy (non-hydrogen) atoms. The second-order valence-corrected chi connectivity index (χ2v) is 46.5. The normalized spacial score (nSPS) is 14.2. The lowest BCUT2D eigenvalue weighted by atomic mass is 9.72. The smallest absolute Gasteiger partial charge is 0.119 e. The van der Waals surface area contributed by atoms with Gasteiger partial charge in [0.1, 0.15) is 69.0 Å². The molecule has 0 bridgehead atoms. The van der Waals surface area contributed by atoms with Crippen molar-refractivity contribution >= 4 is 0 Å². The van der Waals surface area contributed by atoms with E-state index in [2.05, 4.69) is 268 Å². The third-order valence-corrected chi connectivity index (χ3v) is 31.0. The summed E-state index contributed by atoms with van der Waals surface area (Å²) in [4.78, 5) is 0. The van der Waals surface area contributed by atoms with E-state index in [0.717, 1.165) is 140 Å². The van der Waals surface area contributed by atoms with E-state index in [4.69, 9.17) is 0 Å². The van der Waals surface area contributed by atoms with E-state index in [0.29, 0.717) is 80.8 Å². The molecular weight excluding hydrogens is 1730 g/mol. The van der Waals surface area contributed by atoms with Crippen molar-refractivity contribution in [2.75, 3.05) is 0 Å². The highest BCUT2D eigenvalue weighted by atomic mass is 16.3. The van der Waals surface area contributed by atoms with Gasteiger partial charge in [-0.3, -0.25) is 0 Å². The van der Waals surface area contributed by atoms with E-state index < -0.39 is 0 Å². The molecule has 2 aliphatic rings. The molecule has 12 nitrogen and oxygen atoms in total. The molecule has 1 spiro atoms. The molecule has 0 aliphatic heterocycles. The minimum absolute atomic E-state index is 0.0453. The molecule has 0 saturated carbocycles. The van der Waals surface area contributed by atoms with E-state index in [1.165, 1.54) is 55.6 Å². The number of fused-ring (bicyclic) bond motifs is 4. The van der Waals surface area contributed by atoms with Crippen LogP contribution in [0.25, 0.3) is 0 Å². The van der Waals surface area contributed by atoms with Crippen LogP contribution in [0.1, 0.15) is 416 Å². The molecule has 0 amide bonds. The standard InChI is InChI=1S/C25H32O2.2C23H32O2.C21H28O2.C19H24O2.C17H20O2/c1-7-15-9-17-19(11-21(15)26)25(13-23(17,3)4)14-24(5,6)18-10-16(8-2)22(27)12-20(18)25;1-21(2,3)17-13-15(9-11-19(17)24)23(7,8)16-10-12-20(25)18(14-16)22(4,5)6;1-7-15(3)19-13-17(9-11-21(19)24)23(5,6)18-10-12-22(25)20(14-18)16(4)8-2;1-13(2)17-11-15(7-9-19(17)22)21(5,6)16-8-10-20(23)18(12-16)14(3)4;1-5-13-11-15(7-9-17(13)20)19(3,4)16-8-10-18(21)14(6-2)12-16;1-11-9-13(5-7-15(11)18)17(3,4)14-6-8-16(19)12(2)10-14/h9-12,26-27H,7-8,13-14H2,1-6H3;9-14,24-25H,1-8H3;9-16,24-25H,7-8H2,1-6H3;7-14,22-23H,1-6H3;7-12,20-21H,5-6H2,1-4H3;5-10,18-19H,1-4H3. The monoisotopic (exact) mass is 1900 g/mol. The van der Waals surface area contributed by atoms with Crippen molar-refractivity contribution in [3.63, 3.8) is 0 Å². The van der Waals surface area contributed by atoms with E-state index in [9.17, 15) is 61.3 Å². The van der Waals surface area contributed by atoms with Crippen LogP contribution in [0.4, 0.5) is 0 Å². The highest BCUT2D eigenvalue weighted by molar-refractivity contribution is 5.65. The van der Waals surface area contributed by atoms with E-state index in [-0.39, 0.29) is 66.0 Å². The summed E-state index contributed by atoms with van der Waals surface area (Å²) in [6.07, 6.45) is 7.32. The van der Waals surface area contributed by atoms with Crippen LogP contribution in [0, 0.1) is 13.8 Å².